The maximum atomic E-state index is 14.6. The third kappa shape index (κ3) is 6.30. The number of carbonyl (C=O) groups is 1. The summed E-state index contributed by atoms with van der Waals surface area (Å²) in [7, 11) is -0.509. The molecule has 0 radical (unpaired) electrons. The summed E-state index contributed by atoms with van der Waals surface area (Å²) in [6.45, 7) is 10.7. The van der Waals surface area contributed by atoms with Crippen molar-refractivity contribution in [3.63, 3.8) is 0 Å². The van der Waals surface area contributed by atoms with Gasteiger partial charge in [0.15, 0.2) is 5.82 Å². The van der Waals surface area contributed by atoms with Crippen LogP contribution in [0.4, 0.5) is 10.2 Å². The largest absolute Gasteiger partial charge is 0.476 e. The first kappa shape index (κ1) is 31.8. The number of aliphatic hydroxyl groups excluding tert-OH is 1. The van der Waals surface area contributed by atoms with E-state index in [1.807, 2.05) is 18.7 Å². The summed E-state index contributed by atoms with van der Waals surface area (Å²) in [6.07, 6.45) is 3.80. The van der Waals surface area contributed by atoms with Crippen LogP contribution in [-0.2, 0) is 17.1 Å². The molecule has 1 fully saturated rings. The summed E-state index contributed by atoms with van der Waals surface area (Å²) in [4.78, 5) is 20.2. The van der Waals surface area contributed by atoms with Gasteiger partial charge >= 0.3 is 0 Å². The Balaban J connectivity index is 1.68. The lowest BCUT2D eigenvalue weighted by Crippen LogP contribution is -2.43. The lowest BCUT2D eigenvalue weighted by atomic mass is 9.87. The number of nitrogens with one attached hydrogen (secondary N) is 1. The summed E-state index contributed by atoms with van der Waals surface area (Å²) >= 11 is 0. The molecule has 0 spiro atoms. The zero-order chi connectivity index (χ0) is 31.3. The van der Waals surface area contributed by atoms with Crippen molar-refractivity contribution in [1.29, 1.82) is 0 Å². The lowest BCUT2D eigenvalue weighted by molar-refractivity contribution is -0.00197. The van der Waals surface area contributed by atoms with Gasteiger partial charge in [-0.3, -0.25) is 9.48 Å². The van der Waals surface area contributed by atoms with E-state index in [0.717, 1.165) is 6.42 Å². The molecule has 3 unspecified atom stereocenters. The molecule has 4 rings (SSSR count). The number of alkyl halides is 1. The van der Waals surface area contributed by atoms with E-state index in [1.54, 1.807) is 39.2 Å². The van der Waals surface area contributed by atoms with Crippen molar-refractivity contribution in [2.45, 2.75) is 63.8 Å². The highest BCUT2D eigenvalue weighted by atomic mass is 32.2. The van der Waals surface area contributed by atoms with Crippen LogP contribution in [0.3, 0.4) is 0 Å². The second-order valence-corrected chi connectivity index (χ2v) is 14.9. The SMILES string of the molecule is Cc1nn(C)cc1S(=O)(=O)NC(=O)c1ccc(-n2ccc(OCC(C)(CO)C(C)(F)P)n2)nc1N1C[C@@H](C)CC1(C)C. The number of aryl methyl sites for hydroxylation is 2. The summed E-state index contributed by atoms with van der Waals surface area (Å²) in [6, 6.07) is 4.66. The van der Waals surface area contributed by atoms with Crippen molar-refractivity contribution < 1.29 is 27.4 Å². The molecule has 0 bridgehead atoms. The van der Waals surface area contributed by atoms with Crippen LogP contribution >= 0.6 is 9.24 Å². The van der Waals surface area contributed by atoms with Crippen LogP contribution in [0, 0.1) is 18.3 Å². The van der Waals surface area contributed by atoms with E-state index >= 15 is 0 Å². The number of carbonyl (C=O) groups excluding carboxylic acids is 1. The molecule has 1 amide bonds. The van der Waals surface area contributed by atoms with Gasteiger partial charge in [0.05, 0.1) is 23.3 Å². The molecular weight excluding hydrogens is 584 g/mol. The molecule has 0 saturated carbocycles. The Morgan fingerprint density at radius 2 is 1.98 bits per heavy atom. The van der Waals surface area contributed by atoms with E-state index < -0.39 is 33.4 Å². The Bertz CT molecular complexity index is 1580. The minimum absolute atomic E-state index is 0.0873. The number of anilines is 1. The number of ether oxygens (including phenoxy) is 1. The van der Waals surface area contributed by atoms with Gasteiger partial charge in [-0.2, -0.15) is 5.10 Å². The molecule has 15 heteroatoms. The Hall–Kier alpha value is -3.09. The second kappa shape index (κ2) is 11.2. The predicted octanol–water partition coefficient (Wildman–Crippen LogP) is 2.99. The van der Waals surface area contributed by atoms with E-state index in [4.69, 9.17) is 9.72 Å². The van der Waals surface area contributed by atoms with E-state index in [2.05, 4.69) is 31.1 Å². The van der Waals surface area contributed by atoms with Gasteiger partial charge in [0.1, 0.15) is 22.7 Å². The number of hydrogen-bond acceptors (Lipinski definition) is 9. The minimum Gasteiger partial charge on any atom is -0.476 e. The number of rotatable bonds is 10. The fourth-order valence-electron chi connectivity index (χ4n) is 5.07. The average Bonchev–Trinajstić information content (AvgIpc) is 3.57. The quantitative estimate of drug-likeness (QED) is 0.326. The van der Waals surface area contributed by atoms with Crippen molar-refractivity contribution >= 4 is 31.0 Å². The van der Waals surface area contributed by atoms with Crippen LogP contribution in [0.5, 0.6) is 5.88 Å². The first-order valence-corrected chi connectivity index (χ1v) is 15.6. The summed E-state index contributed by atoms with van der Waals surface area (Å²) < 4.78 is 51.5. The molecular formula is C27H39FN7O5PS. The number of halogens is 1. The number of nitrogens with zero attached hydrogens (tertiary/aromatic N) is 6. The first-order valence-electron chi connectivity index (χ1n) is 13.5. The van der Waals surface area contributed by atoms with Crippen molar-refractivity contribution in [1.82, 2.24) is 29.3 Å². The predicted molar refractivity (Wildman–Crippen MR) is 159 cm³/mol. The highest BCUT2D eigenvalue weighted by molar-refractivity contribution is 7.90. The van der Waals surface area contributed by atoms with E-state index in [1.165, 1.54) is 28.6 Å². The van der Waals surface area contributed by atoms with Gasteiger partial charge in [-0.05, 0) is 52.2 Å². The minimum atomic E-state index is -4.20. The van der Waals surface area contributed by atoms with Gasteiger partial charge in [-0.1, -0.05) is 23.1 Å². The van der Waals surface area contributed by atoms with Crippen molar-refractivity contribution in [2.75, 3.05) is 24.7 Å². The average molecular weight is 624 g/mol. The van der Waals surface area contributed by atoms with Crippen LogP contribution in [0.2, 0.25) is 0 Å². The van der Waals surface area contributed by atoms with Crippen molar-refractivity contribution in [2.24, 2.45) is 18.4 Å². The maximum Gasteiger partial charge on any atom is 0.268 e. The summed E-state index contributed by atoms with van der Waals surface area (Å²) in [5, 5.41) is 16.4. The van der Waals surface area contributed by atoms with Crippen LogP contribution in [-0.4, -0.2) is 74.7 Å². The summed E-state index contributed by atoms with van der Waals surface area (Å²) in [5.41, 5.74) is -1.18. The fourth-order valence-corrected chi connectivity index (χ4v) is 6.43. The Morgan fingerprint density at radius 3 is 2.52 bits per heavy atom. The van der Waals surface area contributed by atoms with Gasteiger partial charge in [0, 0.05) is 37.6 Å². The first-order chi connectivity index (χ1) is 19.4. The zero-order valence-corrected chi connectivity index (χ0v) is 26.9. The molecule has 42 heavy (non-hydrogen) atoms. The van der Waals surface area contributed by atoms with Crippen molar-refractivity contribution in [3.8, 4) is 11.7 Å². The topological polar surface area (TPSA) is 144 Å². The normalized spacial score (nSPS) is 19.8. The van der Waals surface area contributed by atoms with Crippen LogP contribution < -0.4 is 14.4 Å². The molecule has 1 aliphatic heterocycles. The zero-order valence-electron chi connectivity index (χ0n) is 24.9. The Morgan fingerprint density at radius 1 is 1.29 bits per heavy atom. The standard InChI is InChI=1S/C27H39FN7O5PS/c1-17-12-25(3,4)34(13-17)23-19(24(37)32-42(38,39)20-14-33(7)30-18(20)2)8-9-21(29-23)35-11-10-22(31-35)40-16-26(5,15-36)27(6,28)41/h8-11,14,17,36H,12-13,15-16,41H2,1-7H3,(H,32,37)/t17-,26?,27?/m0/s1. The Kier molecular flexibility index (Phi) is 8.49. The number of pyridine rings is 1. The van der Waals surface area contributed by atoms with Gasteiger partial charge in [0.2, 0.25) is 5.88 Å². The number of sulfonamides is 1. The molecule has 4 atom stereocenters. The molecule has 2 N–H and O–H groups in total. The number of hydrogen-bond donors (Lipinski definition) is 2. The number of aromatic nitrogens is 5. The molecule has 230 valence electrons. The van der Waals surface area contributed by atoms with Crippen molar-refractivity contribution in [3.05, 3.63) is 41.9 Å². The smallest absolute Gasteiger partial charge is 0.268 e. The molecule has 1 saturated heterocycles. The van der Waals surface area contributed by atoms with E-state index in [9.17, 15) is 22.7 Å². The Labute approximate surface area is 247 Å². The van der Waals surface area contributed by atoms with Gasteiger partial charge in [0.25, 0.3) is 15.9 Å². The van der Waals surface area contributed by atoms with Gasteiger partial charge in [-0.15, -0.1) is 5.10 Å². The molecule has 0 aromatic carbocycles. The van der Waals surface area contributed by atoms with Gasteiger partial charge in [-0.25, -0.2) is 27.2 Å². The van der Waals surface area contributed by atoms with Crippen LogP contribution in [0.25, 0.3) is 5.82 Å². The fraction of sp³-hybridized carbons (Fsp3) is 0.556. The molecule has 3 aromatic rings. The molecule has 1 aliphatic rings. The number of amides is 1. The lowest BCUT2D eigenvalue weighted by Gasteiger charge is -2.35. The monoisotopic (exact) mass is 623 g/mol. The highest BCUT2D eigenvalue weighted by Gasteiger charge is 2.43. The summed E-state index contributed by atoms with van der Waals surface area (Å²) in [5.74, 6) is 0.374. The molecule has 4 heterocycles. The molecule has 12 nitrogen and oxygen atoms in total. The van der Waals surface area contributed by atoms with E-state index in [0.29, 0.717) is 24.1 Å². The third-order valence-corrected chi connectivity index (χ3v) is 9.92. The third-order valence-electron chi connectivity index (χ3n) is 7.79. The molecule has 3 aromatic heterocycles. The molecule has 0 aliphatic carbocycles. The van der Waals surface area contributed by atoms with Crippen LogP contribution in [0.1, 0.15) is 57.1 Å². The highest BCUT2D eigenvalue weighted by Crippen LogP contribution is 2.40. The number of aliphatic hydroxyl groups is 1. The second-order valence-electron chi connectivity index (χ2n) is 12.1. The van der Waals surface area contributed by atoms with E-state index in [-0.39, 0.29) is 34.2 Å². The van der Waals surface area contributed by atoms with Crippen LogP contribution in [0.15, 0.2) is 35.5 Å². The van der Waals surface area contributed by atoms with Gasteiger partial charge < -0.3 is 14.7 Å². The maximum absolute atomic E-state index is 14.6.